The number of nitrogens with zero attached hydrogens (tertiary/aromatic N) is 1. The van der Waals surface area contributed by atoms with E-state index in [1.165, 1.54) is 0 Å². The lowest BCUT2D eigenvalue weighted by atomic mass is 9.88. The molecule has 0 saturated heterocycles. The maximum atomic E-state index is 11.8. The smallest absolute Gasteiger partial charge is 0.260 e. The van der Waals surface area contributed by atoms with Crippen LogP contribution < -0.4 is 10.6 Å². The summed E-state index contributed by atoms with van der Waals surface area (Å²) in [5.41, 5.74) is 1.02. The van der Waals surface area contributed by atoms with Crippen molar-refractivity contribution in [2.75, 3.05) is 5.32 Å². The van der Waals surface area contributed by atoms with E-state index < -0.39 is 0 Å². The Morgan fingerprint density at radius 2 is 2.00 bits per heavy atom. The van der Waals surface area contributed by atoms with E-state index in [1.54, 1.807) is 0 Å². The van der Waals surface area contributed by atoms with Gasteiger partial charge in [-0.1, -0.05) is 25.9 Å². The molecule has 0 saturated carbocycles. The molecule has 1 aliphatic rings. The third-order valence-electron chi connectivity index (χ3n) is 2.32. The molecule has 15 heavy (non-hydrogen) atoms. The van der Waals surface area contributed by atoms with Gasteiger partial charge in [0.15, 0.2) is 0 Å². The number of anilines is 1. The van der Waals surface area contributed by atoms with E-state index in [1.807, 2.05) is 27.7 Å². The SMILES string of the molecule is CC1NC(=O)c2c(C(C)(C)C)noc2N1. The monoisotopic (exact) mass is 209 g/mol. The summed E-state index contributed by atoms with van der Waals surface area (Å²) in [6.45, 7) is 7.84. The van der Waals surface area contributed by atoms with Crippen molar-refractivity contribution in [3.63, 3.8) is 0 Å². The summed E-state index contributed by atoms with van der Waals surface area (Å²) >= 11 is 0. The largest absolute Gasteiger partial charge is 0.338 e. The van der Waals surface area contributed by atoms with Crippen LogP contribution in [0.1, 0.15) is 43.7 Å². The Kier molecular flexibility index (Phi) is 1.99. The van der Waals surface area contributed by atoms with Gasteiger partial charge in [-0.2, -0.15) is 0 Å². The number of carbonyl (C=O) groups excluding carboxylic acids is 1. The summed E-state index contributed by atoms with van der Waals surface area (Å²) in [6, 6.07) is 0. The van der Waals surface area contributed by atoms with Gasteiger partial charge in [-0.3, -0.25) is 4.79 Å². The highest BCUT2D eigenvalue weighted by molar-refractivity contribution is 6.01. The van der Waals surface area contributed by atoms with Gasteiger partial charge >= 0.3 is 0 Å². The Morgan fingerprint density at radius 3 is 2.60 bits per heavy atom. The topological polar surface area (TPSA) is 67.2 Å². The van der Waals surface area contributed by atoms with Crippen LogP contribution in [0.3, 0.4) is 0 Å². The van der Waals surface area contributed by atoms with Gasteiger partial charge in [0.2, 0.25) is 5.88 Å². The van der Waals surface area contributed by atoms with Gasteiger partial charge < -0.3 is 15.2 Å². The Morgan fingerprint density at radius 1 is 1.33 bits per heavy atom. The van der Waals surface area contributed by atoms with Gasteiger partial charge in [0.25, 0.3) is 5.91 Å². The zero-order chi connectivity index (χ0) is 11.2. The zero-order valence-corrected chi connectivity index (χ0v) is 9.34. The summed E-state index contributed by atoms with van der Waals surface area (Å²) in [7, 11) is 0. The van der Waals surface area contributed by atoms with E-state index in [0.29, 0.717) is 17.1 Å². The van der Waals surface area contributed by atoms with Crippen LogP contribution in [0.25, 0.3) is 0 Å². The molecule has 0 spiro atoms. The minimum atomic E-state index is -0.198. The molecule has 1 amide bonds. The number of hydrogen-bond acceptors (Lipinski definition) is 4. The highest BCUT2D eigenvalue weighted by atomic mass is 16.5. The van der Waals surface area contributed by atoms with Crippen LogP contribution in [-0.4, -0.2) is 17.2 Å². The first-order chi connectivity index (χ1) is 6.89. The maximum absolute atomic E-state index is 11.8. The Labute approximate surface area is 88.2 Å². The molecule has 0 fully saturated rings. The van der Waals surface area contributed by atoms with Crippen molar-refractivity contribution in [1.29, 1.82) is 0 Å². The van der Waals surface area contributed by atoms with Crippen molar-refractivity contribution < 1.29 is 9.32 Å². The molecule has 5 heteroatoms. The van der Waals surface area contributed by atoms with Crippen LogP contribution in [-0.2, 0) is 5.41 Å². The highest BCUT2D eigenvalue weighted by Gasteiger charge is 2.34. The molecule has 2 rings (SSSR count). The normalized spacial score (nSPS) is 20.5. The second kappa shape index (κ2) is 2.98. The number of fused-ring (bicyclic) bond motifs is 1. The van der Waals surface area contributed by atoms with Crippen LogP contribution in [0, 0.1) is 0 Å². The van der Waals surface area contributed by atoms with Crippen molar-refractivity contribution in [3.8, 4) is 0 Å². The standard InChI is InChI=1S/C10H15N3O2/c1-5-11-8(14)6-7(10(2,3)4)13-15-9(6)12-5/h5,12H,1-4H3,(H,11,14). The first-order valence-corrected chi connectivity index (χ1v) is 4.97. The Hall–Kier alpha value is -1.52. The van der Waals surface area contributed by atoms with Gasteiger partial charge in [-0.25, -0.2) is 0 Å². The van der Waals surface area contributed by atoms with E-state index >= 15 is 0 Å². The number of amides is 1. The first kappa shape index (κ1) is 10.0. The molecule has 1 aromatic heterocycles. The first-order valence-electron chi connectivity index (χ1n) is 4.97. The lowest BCUT2D eigenvalue weighted by molar-refractivity contribution is 0.0935. The van der Waals surface area contributed by atoms with Gasteiger partial charge in [0.05, 0.1) is 6.17 Å². The van der Waals surface area contributed by atoms with E-state index in [9.17, 15) is 4.79 Å². The average Bonchev–Trinajstić information content (AvgIpc) is 2.45. The predicted octanol–water partition coefficient (Wildman–Crippen LogP) is 1.47. The van der Waals surface area contributed by atoms with Crippen LogP contribution in [0.5, 0.6) is 0 Å². The number of hydrogen-bond donors (Lipinski definition) is 2. The highest BCUT2D eigenvalue weighted by Crippen LogP contribution is 2.31. The molecule has 2 heterocycles. The molecular weight excluding hydrogens is 194 g/mol. The lowest BCUT2D eigenvalue weighted by Gasteiger charge is -2.22. The number of aromatic nitrogens is 1. The second-order valence-corrected chi connectivity index (χ2v) is 4.82. The number of carbonyl (C=O) groups is 1. The molecule has 0 bridgehead atoms. The molecule has 2 N–H and O–H groups in total. The molecule has 5 nitrogen and oxygen atoms in total. The zero-order valence-electron chi connectivity index (χ0n) is 9.34. The molecule has 0 radical (unpaired) electrons. The second-order valence-electron chi connectivity index (χ2n) is 4.82. The molecule has 1 atom stereocenters. The molecule has 82 valence electrons. The van der Waals surface area contributed by atoms with E-state index in [4.69, 9.17) is 4.52 Å². The summed E-state index contributed by atoms with van der Waals surface area (Å²) in [4.78, 5) is 11.8. The summed E-state index contributed by atoms with van der Waals surface area (Å²) in [6.07, 6.45) is -0.120. The lowest BCUT2D eigenvalue weighted by Crippen LogP contribution is -2.43. The minimum Gasteiger partial charge on any atom is -0.338 e. The third kappa shape index (κ3) is 1.58. The molecule has 1 aromatic rings. The number of rotatable bonds is 0. The molecular formula is C10H15N3O2. The van der Waals surface area contributed by atoms with Crippen LogP contribution in [0.4, 0.5) is 5.88 Å². The van der Waals surface area contributed by atoms with Crippen molar-refractivity contribution in [2.45, 2.75) is 39.3 Å². The van der Waals surface area contributed by atoms with Gasteiger partial charge in [-0.05, 0) is 6.92 Å². The maximum Gasteiger partial charge on any atom is 0.260 e. The van der Waals surface area contributed by atoms with Crippen LogP contribution in [0.2, 0.25) is 0 Å². The fourth-order valence-corrected chi connectivity index (χ4v) is 1.61. The van der Waals surface area contributed by atoms with Crippen molar-refractivity contribution in [3.05, 3.63) is 11.3 Å². The summed E-state index contributed by atoms with van der Waals surface area (Å²) in [5.74, 6) is 0.346. The third-order valence-corrected chi connectivity index (χ3v) is 2.32. The molecule has 1 aliphatic heterocycles. The molecule has 0 aliphatic carbocycles. The predicted molar refractivity (Wildman–Crippen MR) is 55.8 cm³/mol. The van der Waals surface area contributed by atoms with Crippen LogP contribution in [0.15, 0.2) is 4.52 Å². The summed E-state index contributed by atoms with van der Waals surface area (Å²) < 4.78 is 5.13. The molecule has 0 aromatic carbocycles. The average molecular weight is 209 g/mol. The minimum absolute atomic E-state index is 0.120. The van der Waals surface area contributed by atoms with Gasteiger partial charge in [0, 0.05) is 5.41 Å². The molecule has 1 unspecified atom stereocenters. The van der Waals surface area contributed by atoms with E-state index in [0.717, 1.165) is 0 Å². The fraction of sp³-hybridized carbons (Fsp3) is 0.600. The van der Waals surface area contributed by atoms with Gasteiger partial charge in [-0.15, -0.1) is 0 Å². The quantitative estimate of drug-likeness (QED) is 0.679. The number of nitrogens with one attached hydrogen (secondary N) is 2. The Bertz CT molecular complexity index is 403. The van der Waals surface area contributed by atoms with Crippen molar-refractivity contribution in [2.24, 2.45) is 0 Å². The Balaban J connectivity index is 2.51. The van der Waals surface area contributed by atoms with Crippen molar-refractivity contribution >= 4 is 11.8 Å². The van der Waals surface area contributed by atoms with Crippen molar-refractivity contribution in [1.82, 2.24) is 10.5 Å². The van der Waals surface area contributed by atoms with E-state index in [2.05, 4.69) is 15.8 Å². The van der Waals surface area contributed by atoms with E-state index in [-0.39, 0.29) is 17.5 Å². The van der Waals surface area contributed by atoms with Gasteiger partial charge in [0.1, 0.15) is 11.3 Å². The summed E-state index contributed by atoms with van der Waals surface area (Å²) in [5, 5.41) is 9.76. The fourth-order valence-electron chi connectivity index (χ4n) is 1.61. The van der Waals surface area contributed by atoms with Crippen LogP contribution >= 0.6 is 0 Å².